The smallest absolute Gasteiger partial charge is 0.414 e. The van der Waals surface area contributed by atoms with E-state index in [4.69, 9.17) is 9.47 Å². The van der Waals surface area contributed by atoms with Crippen molar-refractivity contribution in [3.05, 3.63) is 35.7 Å². The van der Waals surface area contributed by atoms with E-state index < -0.39 is 23.6 Å². The molecule has 8 nitrogen and oxygen atoms in total. The summed E-state index contributed by atoms with van der Waals surface area (Å²) in [5.41, 5.74) is 1.08. The summed E-state index contributed by atoms with van der Waals surface area (Å²) in [7, 11) is 0. The Hall–Kier alpha value is -3.10. The molecule has 1 fully saturated rings. The second-order valence-corrected chi connectivity index (χ2v) is 8.98. The molecule has 2 aliphatic heterocycles. The molecule has 0 spiro atoms. The number of benzene rings is 1. The van der Waals surface area contributed by atoms with Gasteiger partial charge in [0.1, 0.15) is 17.5 Å². The summed E-state index contributed by atoms with van der Waals surface area (Å²) in [6.07, 6.45) is 1.72. The lowest BCUT2D eigenvalue weighted by Gasteiger charge is -2.25. The van der Waals surface area contributed by atoms with E-state index in [1.807, 2.05) is 26.8 Å². The molecule has 32 heavy (non-hydrogen) atoms. The molecule has 0 aliphatic carbocycles. The molecule has 9 heteroatoms. The molecule has 1 saturated heterocycles. The van der Waals surface area contributed by atoms with Crippen molar-refractivity contribution in [3.63, 3.8) is 0 Å². The molecule has 174 valence electrons. The van der Waals surface area contributed by atoms with Gasteiger partial charge in [0, 0.05) is 25.6 Å². The molecule has 1 N–H and O–H groups in total. The van der Waals surface area contributed by atoms with E-state index in [2.05, 4.69) is 5.32 Å². The maximum Gasteiger partial charge on any atom is 0.414 e. The van der Waals surface area contributed by atoms with Crippen molar-refractivity contribution in [2.45, 2.75) is 52.2 Å². The minimum atomic E-state index is -0.575. The number of halogens is 1. The van der Waals surface area contributed by atoms with Crippen molar-refractivity contribution in [2.24, 2.45) is 0 Å². The summed E-state index contributed by atoms with van der Waals surface area (Å²) in [4.78, 5) is 38.5. The number of allylic oxidation sites excluding steroid dienone is 1. The Morgan fingerprint density at radius 3 is 2.72 bits per heavy atom. The molecule has 3 rings (SSSR count). The van der Waals surface area contributed by atoms with Crippen molar-refractivity contribution in [1.82, 2.24) is 10.2 Å². The molecular weight excluding hydrogens is 417 g/mol. The topological polar surface area (TPSA) is 88.2 Å². The van der Waals surface area contributed by atoms with E-state index in [-0.39, 0.29) is 25.1 Å². The highest BCUT2D eigenvalue weighted by Gasteiger charge is 2.33. The Balaban J connectivity index is 1.69. The lowest BCUT2D eigenvalue weighted by atomic mass is 10.00. The van der Waals surface area contributed by atoms with Crippen LogP contribution < -0.4 is 10.2 Å². The molecule has 1 aromatic carbocycles. The molecule has 2 heterocycles. The van der Waals surface area contributed by atoms with Gasteiger partial charge < -0.3 is 19.7 Å². The van der Waals surface area contributed by atoms with Crippen molar-refractivity contribution in [2.75, 3.05) is 31.1 Å². The molecule has 0 radical (unpaired) electrons. The van der Waals surface area contributed by atoms with Crippen LogP contribution in [0.1, 0.15) is 46.1 Å². The Kier molecular flexibility index (Phi) is 7.06. The van der Waals surface area contributed by atoms with Crippen LogP contribution in [0, 0.1) is 5.82 Å². The van der Waals surface area contributed by atoms with Gasteiger partial charge in [0.2, 0.25) is 5.91 Å². The van der Waals surface area contributed by atoms with Gasteiger partial charge in [0.05, 0.1) is 18.8 Å². The van der Waals surface area contributed by atoms with Gasteiger partial charge in [0.15, 0.2) is 0 Å². The van der Waals surface area contributed by atoms with Crippen LogP contribution in [0.15, 0.2) is 24.3 Å². The Bertz CT molecular complexity index is 925. The van der Waals surface area contributed by atoms with E-state index in [1.165, 1.54) is 17.9 Å². The number of anilines is 1. The van der Waals surface area contributed by atoms with Gasteiger partial charge in [-0.1, -0.05) is 6.08 Å². The van der Waals surface area contributed by atoms with E-state index in [1.54, 1.807) is 17.0 Å². The minimum Gasteiger partial charge on any atom is -0.444 e. The highest BCUT2D eigenvalue weighted by molar-refractivity contribution is 5.90. The molecule has 0 aromatic heterocycles. The summed E-state index contributed by atoms with van der Waals surface area (Å²) >= 11 is 0. The van der Waals surface area contributed by atoms with Crippen molar-refractivity contribution >= 4 is 29.4 Å². The first-order valence-electron chi connectivity index (χ1n) is 10.7. The fraction of sp³-hybridized carbons (Fsp3) is 0.522. The summed E-state index contributed by atoms with van der Waals surface area (Å²) < 4.78 is 25.7. The zero-order valence-electron chi connectivity index (χ0n) is 18.9. The van der Waals surface area contributed by atoms with Crippen LogP contribution in [-0.2, 0) is 14.3 Å². The standard InChI is InChI=1S/C23H30FN3O5/c1-15(28)25-13-18-14-27(22(30)31-18)17-7-8-19(20(24)12-17)16-6-5-10-26(11-9-16)21(29)32-23(2,3)4/h7-9,12,18H,5-6,10-11,13-14H2,1-4H3,(H,25,28). The first-order chi connectivity index (χ1) is 15.0. The van der Waals surface area contributed by atoms with Crippen LogP contribution in [0.3, 0.4) is 0 Å². The lowest BCUT2D eigenvalue weighted by molar-refractivity contribution is -0.119. The van der Waals surface area contributed by atoms with E-state index in [0.717, 1.165) is 5.57 Å². The first kappa shape index (κ1) is 23.6. The van der Waals surface area contributed by atoms with Gasteiger partial charge in [-0.3, -0.25) is 9.69 Å². The molecule has 3 amide bonds. The van der Waals surface area contributed by atoms with Gasteiger partial charge in [-0.05, 0) is 57.4 Å². The normalized spacial score (nSPS) is 19.2. The zero-order chi connectivity index (χ0) is 23.5. The maximum absolute atomic E-state index is 15.0. The average Bonchev–Trinajstić information content (AvgIpc) is 2.90. The highest BCUT2D eigenvalue weighted by Crippen LogP contribution is 2.30. The number of nitrogens with zero attached hydrogens (tertiary/aromatic N) is 2. The summed E-state index contributed by atoms with van der Waals surface area (Å²) in [5.74, 6) is -0.658. The number of hydrogen-bond acceptors (Lipinski definition) is 5. The minimum absolute atomic E-state index is 0.208. The van der Waals surface area contributed by atoms with Crippen molar-refractivity contribution in [1.29, 1.82) is 0 Å². The van der Waals surface area contributed by atoms with Gasteiger partial charge >= 0.3 is 12.2 Å². The van der Waals surface area contributed by atoms with Crippen LogP contribution in [0.5, 0.6) is 0 Å². The number of cyclic esters (lactones) is 1. The predicted octanol–water partition coefficient (Wildman–Crippen LogP) is 3.70. The average molecular weight is 448 g/mol. The maximum atomic E-state index is 15.0. The second-order valence-electron chi connectivity index (χ2n) is 8.98. The second kappa shape index (κ2) is 9.58. The lowest BCUT2D eigenvalue weighted by Crippen LogP contribution is -2.37. The Morgan fingerprint density at radius 1 is 1.31 bits per heavy atom. The number of hydrogen-bond donors (Lipinski definition) is 1. The van der Waals surface area contributed by atoms with Crippen LogP contribution in [0.25, 0.3) is 5.57 Å². The SMILES string of the molecule is CC(=O)NCC1CN(c2ccc(C3=CCN(C(=O)OC(C)(C)C)CCC3)c(F)c2)C(=O)O1. The van der Waals surface area contributed by atoms with E-state index in [0.29, 0.717) is 37.2 Å². The third-order valence-corrected chi connectivity index (χ3v) is 5.15. The third-order valence-electron chi connectivity index (χ3n) is 5.15. The van der Waals surface area contributed by atoms with Crippen LogP contribution in [0.4, 0.5) is 19.7 Å². The largest absolute Gasteiger partial charge is 0.444 e. The number of amides is 3. The first-order valence-corrected chi connectivity index (χ1v) is 10.7. The van der Waals surface area contributed by atoms with Crippen LogP contribution >= 0.6 is 0 Å². The monoisotopic (exact) mass is 447 g/mol. The fourth-order valence-corrected chi connectivity index (χ4v) is 3.64. The molecule has 1 atom stereocenters. The fourth-order valence-electron chi connectivity index (χ4n) is 3.64. The molecule has 1 aromatic rings. The number of nitrogens with one attached hydrogen (secondary N) is 1. The van der Waals surface area contributed by atoms with Gasteiger partial charge in [-0.25, -0.2) is 14.0 Å². The quantitative estimate of drug-likeness (QED) is 0.760. The van der Waals surface area contributed by atoms with Crippen molar-refractivity contribution < 1.29 is 28.2 Å². The Labute approximate surface area is 187 Å². The van der Waals surface area contributed by atoms with Crippen molar-refractivity contribution in [3.8, 4) is 0 Å². The number of rotatable bonds is 4. The Morgan fingerprint density at radius 2 is 2.06 bits per heavy atom. The predicted molar refractivity (Wildman–Crippen MR) is 118 cm³/mol. The number of carbonyl (C=O) groups excluding carboxylic acids is 3. The molecule has 0 saturated carbocycles. The van der Waals surface area contributed by atoms with E-state index in [9.17, 15) is 18.8 Å². The summed E-state index contributed by atoms with van der Waals surface area (Å²) in [6, 6.07) is 4.64. The highest BCUT2D eigenvalue weighted by atomic mass is 19.1. The van der Waals surface area contributed by atoms with Crippen LogP contribution in [-0.4, -0.2) is 60.9 Å². The zero-order valence-corrected chi connectivity index (χ0v) is 18.9. The van der Waals surface area contributed by atoms with Crippen LogP contribution in [0.2, 0.25) is 0 Å². The molecule has 2 aliphatic rings. The molecular formula is C23H30FN3O5. The van der Waals surface area contributed by atoms with Gasteiger partial charge in [0.25, 0.3) is 0 Å². The van der Waals surface area contributed by atoms with E-state index >= 15 is 0 Å². The molecule has 1 unspecified atom stereocenters. The molecule has 0 bridgehead atoms. The van der Waals surface area contributed by atoms with Gasteiger partial charge in [-0.15, -0.1) is 0 Å². The number of carbonyl (C=O) groups is 3. The van der Waals surface area contributed by atoms with Gasteiger partial charge in [-0.2, -0.15) is 0 Å². The summed E-state index contributed by atoms with van der Waals surface area (Å²) in [6.45, 7) is 8.15. The third kappa shape index (κ3) is 5.99. The summed E-state index contributed by atoms with van der Waals surface area (Å²) in [5, 5.41) is 2.61. The number of ether oxygens (including phenoxy) is 2.